The molecule has 0 fully saturated rings. The Labute approximate surface area is 147 Å². The average Bonchev–Trinajstić information content (AvgIpc) is 2.59. The van der Waals surface area contributed by atoms with Crippen molar-refractivity contribution in [3.8, 4) is 0 Å². The summed E-state index contributed by atoms with van der Waals surface area (Å²) in [7, 11) is 0. The summed E-state index contributed by atoms with van der Waals surface area (Å²) in [4.78, 5) is 12.2. The van der Waals surface area contributed by atoms with Gasteiger partial charge in [-0.25, -0.2) is 5.43 Å². The highest BCUT2D eigenvalue weighted by molar-refractivity contribution is 6.33. The smallest absolute Gasteiger partial charge is 0.267 e. The zero-order valence-electron chi connectivity index (χ0n) is 14.0. The molecule has 0 aromatic heterocycles. The summed E-state index contributed by atoms with van der Waals surface area (Å²) in [6.45, 7) is 3.84. The van der Waals surface area contributed by atoms with Crippen LogP contribution < -0.4 is 5.43 Å². The summed E-state index contributed by atoms with van der Waals surface area (Å²) in [5.74, 6) is -0.294. The summed E-state index contributed by atoms with van der Waals surface area (Å²) < 4.78 is 0. The minimum Gasteiger partial charge on any atom is -0.267 e. The van der Waals surface area contributed by atoms with Crippen LogP contribution in [0.15, 0.2) is 41.5 Å². The highest BCUT2D eigenvalue weighted by atomic mass is 35.5. The van der Waals surface area contributed by atoms with E-state index in [1.165, 1.54) is 24.0 Å². The predicted octanol–water partition coefficient (Wildman–Crippen LogP) is 4.68. The molecule has 1 N–H and O–H groups in total. The first kappa shape index (κ1) is 16.7. The number of hydrogen-bond acceptors (Lipinski definition) is 2. The van der Waals surface area contributed by atoms with Crippen molar-refractivity contribution >= 4 is 23.2 Å². The second-order valence-corrected chi connectivity index (χ2v) is 6.72. The van der Waals surface area contributed by atoms with E-state index >= 15 is 0 Å². The van der Waals surface area contributed by atoms with Gasteiger partial charge in [0.15, 0.2) is 0 Å². The van der Waals surface area contributed by atoms with Crippen LogP contribution in [-0.2, 0) is 12.8 Å². The van der Waals surface area contributed by atoms with Gasteiger partial charge in [-0.05, 0) is 80.0 Å². The molecule has 0 saturated carbocycles. The number of rotatable bonds is 3. The van der Waals surface area contributed by atoms with E-state index in [1.54, 1.807) is 12.1 Å². The number of aryl methyl sites for hydroxylation is 3. The molecule has 0 aliphatic heterocycles. The number of halogens is 1. The van der Waals surface area contributed by atoms with Crippen molar-refractivity contribution in [1.82, 2.24) is 5.43 Å². The van der Waals surface area contributed by atoms with Gasteiger partial charge in [0.05, 0.1) is 16.3 Å². The highest BCUT2D eigenvalue weighted by Gasteiger charge is 2.12. The minimum absolute atomic E-state index is 0.294. The lowest BCUT2D eigenvalue weighted by atomic mass is 9.90. The fourth-order valence-electron chi connectivity index (χ4n) is 3.02. The lowest BCUT2D eigenvalue weighted by Gasteiger charge is -2.16. The Morgan fingerprint density at radius 1 is 1.08 bits per heavy atom. The number of hydrogen-bond donors (Lipinski definition) is 1. The first-order valence-corrected chi connectivity index (χ1v) is 8.65. The number of amides is 1. The SMILES string of the molecule is CC(=NNC(=O)c1ccc(C)cc1Cl)c1ccc2c(c1)CCCC2. The number of nitrogens with one attached hydrogen (secondary N) is 1. The third kappa shape index (κ3) is 3.68. The van der Waals surface area contributed by atoms with Gasteiger partial charge in [0.1, 0.15) is 0 Å². The molecule has 1 aliphatic carbocycles. The van der Waals surface area contributed by atoms with Crippen molar-refractivity contribution in [3.63, 3.8) is 0 Å². The number of fused-ring (bicyclic) bond motifs is 1. The molecule has 3 rings (SSSR count). The van der Waals surface area contributed by atoms with Crippen LogP contribution in [-0.4, -0.2) is 11.6 Å². The maximum absolute atomic E-state index is 12.2. The van der Waals surface area contributed by atoms with Crippen LogP contribution in [0, 0.1) is 6.92 Å². The van der Waals surface area contributed by atoms with Crippen LogP contribution in [0.4, 0.5) is 0 Å². The number of hydrazone groups is 1. The molecule has 0 radical (unpaired) electrons. The molecule has 2 aromatic rings. The molecule has 1 aliphatic rings. The third-order valence-corrected chi connectivity index (χ3v) is 4.77. The fourth-order valence-corrected chi connectivity index (χ4v) is 3.34. The van der Waals surface area contributed by atoms with Crippen LogP contribution >= 0.6 is 11.6 Å². The van der Waals surface area contributed by atoms with Crippen molar-refractivity contribution in [3.05, 3.63) is 69.2 Å². The first-order chi connectivity index (χ1) is 11.5. The zero-order chi connectivity index (χ0) is 17.1. The van der Waals surface area contributed by atoms with E-state index < -0.39 is 0 Å². The van der Waals surface area contributed by atoms with Gasteiger partial charge in [-0.3, -0.25) is 4.79 Å². The van der Waals surface area contributed by atoms with Gasteiger partial charge < -0.3 is 0 Å². The molecule has 0 bridgehead atoms. The Bertz CT molecular complexity index is 811. The van der Waals surface area contributed by atoms with Crippen LogP contribution in [0.5, 0.6) is 0 Å². The molecule has 4 heteroatoms. The third-order valence-electron chi connectivity index (χ3n) is 4.46. The van der Waals surface area contributed by atoms with Crippen LogP contribution in [0.25, 0.3) is 0 Å². The molecular formula is C20H21ClN2O. The topological polar surface area (TPSA) is 41.5 Å². The lowest BCUT2D eigenvalue weighted by molar-refractivity contribution is 0.0955. The Kier molecular flexibility index (Phi) is 5.00. The number of carbonyl (C=O) groups excluding carboxylic acids is 1. The zero-order valence-corrected chi connectivity index (χ0v) is 14.8. The van der Waals surface area contributed by atoms with Crippen molar-refractivity contribution in [2.75, 3.05) is 0 Å². The van der Waals surface area contributed by atoms with Gasteiger partial charge in [0.25, 0.3) is 5.91 Å². The van der Waals surface area contributed by atoms with Crippen molar-refractivity contribution in [2.24, 2.45) is 5.10 Å². The molecule has 124 valence electrons. The molecule has 3 nitrogen and oxygen atoms in total. The average molecular weight is 341 g/mol. The van der Waals surface area contributed by atoms with E-state index in [0.29, 0.717) is 10.6 Å². The number of nitrogens with zero attached hydrogens (tertiary/aromatic N) is 1. The Morgan fingerprint density at radius 2 is 1.83 bits per heavy atom. The molecule has 0 atom stereocenters. The van der Waals surface area contributed by atoms with Crippen molar-refractivity contribution in [1.29, 1.82) is 0 Å². The number of benzene rings is 2. The van der Waals surface area contributed by atoms with E-state index in [2.05, 4.69) is 28.7 Å². The van der Waals surface area contributed by atoms with Gasteiger partial charge in [0, 0.05) is 0 Å². The van der Waals surface area contributed by atoms with Gasteiger partial charge in [-0.1, -0.05) is 29.8 Å². The van der Waals surface area contributed by atoms with E-state index in [1.807, 2.05) is 19.9 Å². The quantitative estimate of drug-likeness (QED) is 0.639. The summed E-state index contributed by atoms with van der Waals surface area (Å²) in [5.41, 5.74) is 8.74. The molecule has 24 heavy (non-hydrogen) atoms. The van der Waals surface area contributed by atoms with Crippen molar-refractivity contribution < 1.29 is 4.79 Å². The van der Waals surface area contributed by atoms with Gasteiger partial charge in [-0.15, -0.1) is 0 Å². The Balaban J connectivity index is 1.75. The summed E-state index contributed by atoms with van der Waals surface area (Å²) in [6.07, 6.45) is 4.80. The van der Waals surface area contributed by atoms with E-state index in [-0.39, 0.29) is 5.91 Å². The summed E-state index contributed by atoms with van der Waals surface area (Å²) in [5, 5.41) is 4.68. The number of carbonyl (C=O) groups is 1. The molecular weight excluding hydrogens is 320 g/mol. The predicted molar refractivity (Wildman–Crippen MR) is 99.0 cm³/mol. The van der Waals surface area contributed by atoms with E-state index in [0.717, 1.165) is 29.7 Å². The van der Waals surface area contributed by atoms with Crippen LogP contribution in [0.3, 0.4) is 0 Å². The highest BCUT2D eigenvalue weighted by Crippen LogP contribution is 2.22. The Morgan fingerprint density at radius 3 is 2.58 bits per heavy atom. The van der Waals surface area contributed by atoms with E-state index in [4.69, 9.17) is 11.6 Å². The molecule has 0 unspecified atom stereocenters. The standard InChI is InChI=1S/C20H21ClN2O/c1-13-7-10-18(19(21)11-13)20(24)23-22-14(2)16-9-8-15-5-3-4-6-17(15)12-16/h7-12H,3-6H2,1-2H3,(H,23,24). The maximum Gasteiger partial charge on any atom is 0.272 e. The lowest BCUT2D eigenvalue weighted by Crippen LogP contribution is -2.20. The van der Waals surface area contributed by atoms with Crippen LogP contribution in [0.1, 0.15) is 52.4 Å². The first-order valence-electron chi connectivity index (χ1n) is 8.27. The van der Waals surface area contributed by atoms with Crippen LogP contribution in [0.2, 0.25) is 5.02 Å². The second-order valence-electron chi connectivity index (χ2n) is 6.31. The fraction of sp³-hybridized carbons (Fsp3) is 0.300. The minimum atomic E-state index is -0.294. The maximum atomic E-state index is 12.2. The molecule has 0 spiro atoms. The van der Waals surface area contributed by atoms with Gasteiger partial charge >= 0.3 is 0 Å². The van der Waals surface area contributed by atoms with Gasteiger partial charge in [0.2, 0.25) is 0 Å². The molecule has 0 saturated heterocycles. The summed E-state index contributed by atoms with van der Waals surface area (Å²) in [6, 6.07) is 11.8. The van der Waals surface area contributed by atoms with E-state index in [9.17, 15) is 4.79 Å². The Hall–Kier alpha value is -2.13. The monoisotopic (exact) mass is 340 g/mol. The second kappa shape index (κ2) is 7.18. The van der Waals surface area contributed by atoms with Crippen molar-refractivity contribution in [2.45, 2.75) is 39.5 Å². The summed E-state index contributed by atoms with van der Waals surface area (Å²) >= 11 is 6.13. The largest absolute Gasteiger partial charge is 0.272 e. The van der Waals surface area contributed by atoms with Gasteiger partial charge in [-0.2, -0.15) is 5.10 Å². The molecule has 2 aromatic carbocycles. The normalized spacial score (nSPS) is 14.2. The molecule has 0 heterocycles. The molecule has 1 amide bonds.